The van der Waals surface area contributed by atoms with E-state index in [4.69, 9.17) is 5.11 Å². The molecule has 1 fully saturated rings. The van der Waals surface area contributed by atoms with Crippen LogP contribution in [-0.2, 0) is 17.9 Å². The van der Waals surface area contributed by atoms with Gasteiger partial charge in [-0.15, -0.1) is 0 Å². The van der Waals surface area contributed by atoms with Gasteiger partial charge in [0.1, 0.15) is 12.1 Å². The van der Waals surface area contributed by atoms with Crippen molar-refractivity contribution in [2.45, 2.75) is 64.3 Å². The first-order valence-corrected chi connectivity index (χ1v) is 14.4. The largest absolute Gasteiger partial charge is 0.508 e. The highest BCUT2D eigenvalue weighted by atomic mass is 16.4. The SMILES string of the molecule is C[C@@H]1CN([C@H](c2ccc(-c3ncn(CCCCC(=O)O)n3)cc2)c2cccc(O)c2)[C@@H](C)CN1Cc1ccccc1. The van der Waals surface area contributed by atoms with Gasteiger partial charge in [0.15, 0.2) is 5.82 Å². The zero-order valence-electron chi connectivity index (χ0n) is 23.8. The lowest BCUT2D eigenvalue weighted by atomic mass is 9.92. The Morgan fingerprint density at radius 1 is 0.927 bits per heavy atom. The maximum Gasteiger partial charge on any atom is 0.303 e. The molecule has 214 valence electrons. The number of aromatic hydroxyl groups is 1. The average Bonchev–Trinajstić information content (AvgIpc) is 3.44. The van der Waals surface area contributed by atoms with Gasteiger partial charge in [0.25, 0.3) is 0 Å². The molecule has 4 aromatic rings. The van der Waals surface area contributed by atoms with E-state index in [2.05, 4.69) is 94.4 Å². The number of rotatable bonds is 11. The number of nitrogens with zero attached hydrogens (tertiary/aromatic N) is 5. The minimum Gasteiger partial charge on any atom is -0.508 e. The quantitative estimate of drug-likeness (QED) is 0.234. The number of benzene rings is 3. The average molecular weight is 554 g/mol. The van der Waals surface area contributed by atoms with Crippen LogP contribution in [0.25, 0.3) is 11.4 Å². The molecule has 1 aliphatic rings. The van der Waals surface area contributed by atoms with E-state index in [1.54, 1.807) is 17.1 Å². The normalized spacial score (nSPS) is 18.8. The molecule has 0 radical (unpaired) electrons. The molecule has 2 N–H and O–H groups in total. The van der Waals surface area contributed by atoms with Crippen LogP contribution in [0.3, 0.4) is 0 Å². The van der Waals surface area contributed by atoms with Crippen molar-refractivity contribution in [3.8, 4) is 17.1 Å². The number of aliphatic carboxylic acids is 1. The van der Waals surface area contributed by atoms with Crippen molar-refractivity contribution < 1.29 is 15.0 Å². The summed E-state index contributed by atoms with van der Waals surface area (Å²) >= 11 is 0. The molecule has 0 bridgehead atoms. The summed E-state index contributed by atoms with van der Waals surface area (Å²) in [6.45, 7) is 8.03. The number of carboxylic acids is 1. The molecule has 41 heavy (non-hydrogen) atoms. The monoisotopic (exact) mass is 553 g/mol. The molecule has 3 aromatic carbocycles. The Morgan fingerprint density at radius 3 is 2.44 bits per heavy atom. The smallest absolute Gasteiger partial charge is 0.303 e. The second-order valence-corrected chi connectivity index (χ2v) is 11.1. The number of unbranched alkanes of at least 4 members (excludes halogenated alkanes) is 1. The van der Waals surface area contributed by atoms with E-state index in [1.165, 1.54) is 5.56 Å². The summed E-state index contributed by atoms with van der Waals surface area (Å²) in [5.74, 6) is 0.150. The first-order valence-electron chi connectivity index (χ1n) is 14.4. The number of phenolic OH excluding ortho intramolecular Hbond substituents is 1. The molecule has 1 aliphatic heterocycles. The van der Waals surface area contributed by atoms with Gasteiger partial charge in [-0.25, -0.2) is 4.98 Å². The van der Waals surface area contributed by atoms with Crippen molar-refractivity contribution in [3.63, 3.8) is 0 Å². The number of hydrogen-bond donors (Lipinski definition) is 2. The van der Waals surface area contributed by atoms with Gasteiger partial charge >= 0.3 is 5.97 Å². The number of carbonyl (C=O) groups is 1. The second kappa shape index (κ2) is 13.1. The molecule has 1 saturated heterocycles. The molecular formula is C33H39N5O3. The Kier molecular flexibility index (Phi) is 9.11. The standard InChI is InChI=1S/C33H39N5O3/c1-24-21-38(25(2)20-36(24)22-26-9-4-3-5-10-26)32(29-11-8-12-30(39)19-29)27-14-16-28(17-15-27)33-34-23-37(35-33)18-7-6-13-31(40)41/h3-5,8-12,14-17,19,23-25,32,39H,6-7,13,18,20-22H2,1-2H3,(H,40,41)/t24-,25+,32-/m1/s1. The zero-order chi connectivity index (χ0) is 28.8. The van der Waals surface area contributed by atoms with Gasteiger partial charge in [0.05, 0.1) is 6.04 Å². The summed E-state index contributed by atoms with van der Waals surface area (Å²) < 4.78 is 1.78. The van der Waals surface area contributed by atoms with E-state index < -0.39 is 5.97 Å². The van der Waals surface area contributed by atoms with Gasteiger partial charge in [-0.2, -0.15) is 5.10 Å². The molecule has 1 aromatic heterocycles. The third-order valence-corrected chi connectivity index (χ3v) is 7.96. The first kappa shape index (κ1) is 28.5. The Hall–Kier alpha value is -4.01. The van der Waals surface area contributed by atoms with Crippen LogP contribution < -0.4 is 0 Å². The van der Waals surface area contributed by atoms with Gasteiger partial charge in [-0.05, 0) is 55.5 Å². The van der Waals surface area contributed by atoms with Crippen LogP contribution in [-0.4, -0.2) is 65.9 Å². The molecule has 8 heteroatoms. The third kappa shape index (κ3) is 7.20. The summed E-state index contributed by atoms with van der Waals surface area (Å²) in [5.41, 5.74) is 4.48. The lowest BCUT2D eigenvalue weighted by Crippen LogP contribution is -2.56. The van der Waals surface area contributed by atoms with Gasteiger partial charge in [0, 0.05) is 50.2 Å². The van der Waals surface area contributed by atoms with Crippen LogP contribution in [0.2, 0.25) is 0 Å². The molecule has 0 saturated carbocycles. The van der Waals surface area contributed by atoms with Crippen molar-refractivity contribution in [1.29, 1.82) is 0 Å². The molecule has 3 atom stereocenters. The van der Waals surface area contributed by atoms with Crippen molar-refractivity contribution in [2.24, 2.45) is 0 Å². The number of aromatic nitrogens is 3. The molecule has 0 spiro atoms. The lowest BCUT2D eigenvalue weighted by Gasteiger charge is -2.47. The van der Waals surface area contributed by atoms with E-state index in [-0.39, 0.29) is 18.2 Å². The van der Waals surface area contributed by atoms with Gasteiger partial charge in [0.2, 0.25) is 0 Å². The Balaban J connectivity index is 1.34. The van der Waals surface area contributed by atoms with E-state index >= 15 is 0 Å². The topological polar surface area (TPSA) is 94.7 Å². The van der Waals surface area contributed by atoms with Crippen LogP contribution in [0, 0.1) is 0 Å². The van der Waals surface area contributed by atoms with Crippen molar-refractivity contribution in [2.75, 3.05) is 13.1 Å². The summed E-state index contributed by atoms with van der Waals surface area (Å²) in [4.78, 5) is 20.3. The number of carboxylic acid groups (broad SMARTS) is 1. The van der Waals surface area contributed by atoms with Crippen molar-refractivity contribution >= 4 is 5.97 Å². The van der Waals surface area contributed by atoms with Crippen LogP contribution in [0.1, 0.15) is 55.8 Å². The molecule has 2 heterocycles. The van der Waals surface area contributed by atoms with Crippen LogP contribution in [0.5, 0.6) is 5.75 Å². The van der Waals surface area contributed by atoms with Crippen molar-refractivity contribution in [1.82, 2.24) is 24.6 Å². The maximum atomic E-state index is 10.7. The highest BCUT2D eigenvalue weighted by Crippen LogP contribution is 2.35. The predicted octanol–water partition coefficient (Wildman–Crippen LogP) is 5.59. The van der Waals surface area contributed by atoms with Crippen LogP contribution in [0.15, 0.2) is 85.2 Å². The highest BCUT2D eigenvalue weighted by molar-refractivity contribution is 5.66. The third-order valence-electron chi connectivity index (χ3n) is 7.96. The van der Waals surface area contributed by atoms with Crippen LogP contribution >= 0.6 is 0 Å². The minimum absolute atomic E-state index is 0.00720. The molecule has 0 aliphatic carbocycles. The molecule has 0 unspecified atom stereocenters. The minimum atomic E-state index is -0.772. The second-order valence-electron chi connectivity index (χ2n) is 11.1. The van der Waals surface area contributed by atoms with E-state index in [0.717, 1.165) is 42.7 Å². The van der Waals surface area contributed by atoms with Gasteiger partial charge in [-0.3, -0.25) is 19.3 Å². The van der Waals surface area contributed by atoms with Gasteiger partial charge in [-0.1, -0.05) is 66.7 Å². The van der Waals surface area contributed by atoms with E-state index in [9.17, 15) is 9.90 Å². The molecule has 8 nitrogen and oxygen atoms in total. The molecule has 0 amide bonds. The highest BCUT2D eigenvalue weighted by Gasteiger charge is 2.35. The molecule has 5 rings (SSSR count). The summed E-state index contributed by atoms with van der Waals surface area (Å²) in [7, 11) is 0. The number of aryl methyl sites for hydroxylation is 1. The number of hydrogen-bond acceptors (Lipinski definition) is 6. The van der Waals surface area contributed by atoms with Crippen LogP contribution in [0.4, 0.5) is 0 Å². The van der Waals surface area contributed by atoms with Gasteiger partial charge < -0.3 is 10.2 Å². The summed E-state index contributed by atoms with van der Waals surface area (Å²) in [6.07, 6.45) is 3.24. The number of phenols is 1. The summed E-state index contributed by atoms with van der Waals surface area (Å²) in [6, 6.07) is 27.3. The lowest BCUT2D eigenvalue weighted by molar-refractivity contribution is -0.137. The number of piperazine rings is 1. The Morgan fingerprint density at radius 2 is 1.71 bits per heavy atom. The van der Waals surface area contributed by atoms with Crippen molar-refractivity contribution in [3.05, 3.63) is 102 Å². The zero-order valence-corrected chi connectivity index (χ0v) is 23.8. The first-order chi connectivity index (χ1) is 19.9. The maximum absolute atomic E-state index is 10.7. The fraction of sp³-hybridized carbons (Fsp3) is 0.364. The fourth-order valence-electron chi connectivity index (χ4n) is 5.79. The van der Waals surface area contributed by atoms with E-state index in [1.807, 2.05) is 12.1 Å². The molecular weight excluding hydrogens is 514 g/mol. The van der Waals surface area contributed by atoms with E-state index in [0.29, 0.717) is 30.9 Å². The predicted molar refractivity (Wildman–Crippen MR) is 159 cm³/mol. The fourth-order valence-corrected chi connectivity index (χ4v) is 5.79. The Labute approximate surface area is 241 Å². The Bertz CT molecular complexity index is 1420. The summed E-state index contributed by atoms with van der Waals surface area (Å²) in [5, 5.41) is 23.8.